The highest BCUT2D eigenvalue weighted by Crippen LogP contribution is 2.28. The number of hydrogen-bond acceptors (Lipinski definition) is 2. The SMILES string of the molecule is CC(C)c1cccc2c1CNCCO2. The van der Waals surface area contributed by atoms with Crippen LogP contribution in [0.15, 0.2) is 18.2 Å². The molecule has 76 valence electrons. The van der Waals surface area contributed by atoms with E-state index in [2.05, 4.69) is 37.4 Å². The van der Waals surface area contributed by atoms with E-state index in [1.807, 2.05) is 0 Å². The monoisotopic (exact) mass is 191 g/mol. The lowest BCUT2D eigenvalue weighted by molar-refractivity contribution is 0.325. The van der Waals surface area contributed by atoms with Crippen molar-refractivity contribution in [2.45, 2.75) is 26.3 Å². The number of hydrogen-bond donors (Lipinski definition) is 1. The van der Waals surface area contributed by atoms with Crippen LogP contribution >= 0.6 is 0 Å². The third-order valence-electron chi connectivity index (χ3n) is 2.63. The Kier molecular flexibility index (Phi) is 2.73. The third kappa shape index (κ3) is 1.75. The van der Waals surface area contributed by atoms with E-state index in [0.717, 1.165) is 25.4 Å². The maximum atomic E-state index is 5.68. The van der Waals surface area contributed by atoms with Gasteiger partial charge in [-0.2, -0.15) is 0 Å². The summed E-state index contributed by atoms with van der Waals surface area (Å²) in [6.07, 6.45) is 0. The average molecular weight is 191 g/mol. The van der Waals surface area contributed by atoms with E-state index in [0.29, 0.717) is 5.92 Å². The van der Waals surface area contributed by atoms with Gasteiger partial charge in [-0.1, -0.05) is 26.0 Å². The molecule has 0 spiro atoms. The Morgan fingerprint density at radius 1 is 1.36 bits per heavy atom. The minimum atomic E-state index is 0.563. The third-order valence-corrected chi connectivity index (χ3v) is 2.63. The van der Waals surface area contributed by atoms with Crippen LogP contribution in [0.2, 0.25) is 0 Å². The van der Waals surface area contributed by atoms with Crippen LogP contribution in [0.4, 0.5) is 0 Å². The van der Waals surface area contributed by atoms with Crippen LogP contribution in [-0.2, 0) is 6.54 Å². The molecular formula is C12H17NO. The fourth-order valence-electron chi connectivity index (χ4n) is 1.89. The van der Waals surface area contributed by atoms with Gasteiger partial charge in [-0.25, -0.2) is 0 Å². The summed E-state index contributed by atoms with van der Waals surface area (Å²) >= 11 is 0. The summed E-state index contributed by atoms with van der Waals surface area (Å²) in [4.78, 5) is 0. The second-order valence-corrected chi connectivity index (χ2v) is 4.00. The number of rotatable bonds is 1. The van der Waals surface area contributed by atoms with E-state index in [9.17, 15) is 0 Å². The molecule has 0 saturated carbocycles. The van der Waals surface area contributed by atoms with E-state index in [4.69, 9.17) is 4.74 Å². The van der Waals surface area contributed by atoms with Crippen molar-refractivity contribution in [2.24, 2.45) is 0 Å². The largest absolute Gasteiger partial charge is 0.492 e. The van der Waals surface area contributed by atoms with Crippen LogP contribution in [0.25, 0.3) is 0 Å². The van der Waals surface area contributed by atoms with Crippen molar-refractivity contribution in [1.82, 2.24) is 5.32 Å². The Morgan fingerprint density at radius 3 is 3.00 bits per heavy atom. The van der Waals surface area contributed by atoms with Crippen molar-refractivity contribution in [3.05, 3.63) is 29.3 Å². The van der Waals surface area contributed by atoms with Gasteiger partial charge in [-0.3, -0.25) is 0 Å². The standard InChI is InChI=1S/C12H17NO/c1-9(2)10-4-3-5-12-11(10)8-13-6-7-14-12/h3-5,9,13H,6-8H2,1-2H3. The number of ether oxygens (including phenoxy) is 1. The molecule has 2 nitrogen and oxygen atoms in total. The maximum absolute atomic E-state index is 5.68. The van der Waals surface area contributed by atoms with Crippen molar-refractivity contribution in [1.29, 1.82) is 0 Å². The van der Waals surface area contributed by atoms with Gasteiger partial charge in [0.15, 0.2) is 0 Å². The first-order chi connectivity index (χ1) is 6.79. The summed E-state index contributed by atoms with van der Waals surface area (Å²) in [6.45, 7) is 7.09. The second-order valence-electron chi connectivity index (χ2n) is 4.00. The van der Waals surface area contributed by atoms with E-state index >= 15 is 0 Å². The average Bonchev–Trinajstić information content (AvgIpc) is 2.41. The van der Waals surface area contributed by atoms with Crippen molar-refractivity contribution in [3.8, 4) is 5.75 Å². The van der Waals surface area contributed by atoms with Crippen LogP contribution in [0, 0.1) is 0 Å². The highest BCUT2D eigenvalue weighted by molar-refractivity contribution is 5.42. The smallest absolute Gasteiger partial charge is 0.124 e. The molecule has 0 unspecified atom stereocenters. The summed E-state index contributed by atoms with van der Waals surface area (Å²) in [7, 11) is 0. The quantitative estimate of drug-likeness (QED) is 0.735. The van der Waals surface area contributed by atoms with Gasteiger partial charge < -0.3 is 10.1 Å². The minimum Gasteiger partial charge on any atom is -0.492 e. The molecule has 2 heteroatoms. The Morgan fingerprint density at radius 2 is 2.21 bits per heavy atom. The number of fused-ring (bicyclic) bond motifs is 1. The minimum absolute atomic E-state index is 0.563. The molecule has 1 heterocycles. The van der Waals surface area contributed by atoms with Crippen molar-refractivity contribution >= 4 is 0 Å². The first-order valence-electron chi connectivity index (χ1n) is 5.24. The lowest BCUT2D eigenvalue weighted by Crippen LogP contribution is -2.16. The Labute approximate surface area is 85.3 Å². The molecule has 1 aliphatic rings. The van der Waals surface area contributed by atoms with E-state index in [1.54, 1.807) is 0 Å². The zero-order chi connectivity index (χ0) is 9.97. The van der Waals surface area contributed by atoms with Gasteiger partial charge in [0.25, 0.3) is 0 Å². The number of nitrogens with one attached hydrogen (secondary N) is 1. The Bertz CT molecular complexity index is 320. The van der Waals surface area contributed by atoms with E-state index in [1.165, 1.54) is 11.1 Å². The molecule has 1 N–H and O–H groups in total. The molecule has 0 saturated heterocycles. The molecule has 0 fully saturated rings. The molecule has 0 amide bonds. The van der Waals surface area contributed by atoms with E-state index in [-0.39, 0.29) is 0 Å². The van der Waals surface area contributed by atoms with Crippen LogP contribution < -0.4 is 10.1 Å². The van der Waals surface area contributed by atoms with Crippen molar-refractivity contribution in [3.63, 3.8) is 0 Å². The number of benzene rings is 1. The summed E-state index contributed by atoms with van der Waals surface area (Å²) in [5.74, 6) is 1.62. The van der Waals surface area contributed by atoms with Gasteiger partial charge in [0.1, 0.15) is 12.4 Å². The van der Waals surface area contributed by atoms with Crippen LogP contribution in [0.5, 0.6) is 5.75 Å². The summed E-state index contributed by atoms with van der Waals surface area (Å²) in [6, 6.07) is 6.34. The second kappa shape index (κ2) is 4.01. The first-order valence-corrected chi connectivity index (χ1v) is 5.24. The van der Waals surface area contributed by atoms with Gasteiger partial charge in [0, 0.05) is 18.7 Å². The van der Waals surface area contributed by atoms with Gasteiger partial charge in [-0.05, 0) is 17.5 Å². The molecule has 0 aromatic heterocycles. The van der Waals surface area contributed by atoms with Crippen molar-refractivity contribution < 1.29 is 4.74 Å². The van der Waals surface area contributed by atoms with Crippen LogP contribution in [0.1, 0.15) is 30.9 Å². The van der Waals surface area contributed by atoms with E-state index < -0.39 is 0 Å². The molecular weight excluding hydrogens is 174 g/mol. The zero-order valence-corrected chi connectivity index (χ0v) is 8.84. The van der Waals surface area contributed by atoms with Crippen molar-refractivity contribution in [2.75, 3.05) is 13.2 Å². The lowest BCUT2D eigenvalue weighted by atomic mass is 9.96. The van der Waals surface area contributed by atoms with Crippen LogP contribution in [-0.4, -0.2) is 13.2 Å². The predicted molar refractivity (Wildman–Crippen MR) is 57.7 cm³/mol. The molecule has 14 heavy (non-hydrogen) atoms. The topological polar surface area (TPSA) is 21.3 Å². The van der Waals surface area contributed by atoms with Crippen LogP contribution in [0.3, 0.4) is 0 Å². The molecule has 0 atom stereocenters. The van der Waals surface area contributed by atoms with Gasteiger partial charge >= 0.3 is 0 Å². The highest BCUT2D eigenvalue weighted by Gasteiger charge is 2.13. The highest BCUT2D eigenvalue weighted by atomic mass is 16.5. The van der Waals surface area contributed by atoms with Gasteiger partial charge in [0.2, 0.25) is 0 Å². The Balaban J connectivity index is 2.42. The molecule has 1 aliphatic heterocycles. The molecule has 2 rings (SSSR count). The zero-order valence-electron chi connectivity index (χ0n) is 8.84. The molecule has 0 aliphatic carbocycles. The fourth-order valence-corrected chi connectivity index (χ4v) is 1.89. The molecule has 1 aromatic carbocycles. The lowest BCUT2D eigenvalue weighted by Gasteiger charge is -2.14. The normalized spacial score (nSPS) is 15.9. The molecule has 1 aromatic rings. The van der Waals surface area contributed by atoms with Gasteiger partial charge in [-0.15, -0.1) is 0 Å². The van der Waals surface area contributed by atoms with Gasteiger partial charge in [0.05, 0.1) is 0 Å². The predicted octanol–water partition coefficient (Wildman–Crippen LogP) is 2.29. The first kappa shape index (κ1) is 9.53. The summed E-state index contributed by atoms with van der Waals surface area (Å²) in [5.41, 5.74) is 2.73. The summed E-state index contributed by atoms with van der Waals surface area (Å²) < 4.78 is 5.68. The molecule has 0 bridgehead atoms. The summed E-state index contributed by atoms with van der Waals surface area (Å²) in [5, 5.41) is 3.37. The molecule has 0 radical (unpaired) electrons. The maximum Gasteiger partial charge on any atom is 0.124 e. The Hall–Kier alpha value is -1.02. The fraction of sp³-hybridized carbons (Fsp3) is 0.500.